The predicted octanol–water partition coefficient (Wildman–Crippen LogP) is 4.09. The van der Waals surface area contributed by atoms with Crippen molar-refractivity contribution < 1.29 is 22.7 Å². The molecule has 2 aromatic carbocycles. The normalized spacial score (nSPS) is 12.5. The fraction of sp³-hybridized carbons (Fsp3) is 0.0769. The van der Waals surface area contributed by atoms with Gasteiger partial charge in [0.15, 0.2) is 17.5 Å². The zero-order chi connectivity index (χ0) is 14.2. The molecule has 1 atom stereocenters. The molecule has 0 bridgehead atoms. The molecule has 2 aromatic rings. The van der Waals surface area contributed by atoms with E-state index in [1.807, 2.05) is 0 Å². The summed E-state index contributed by atoms with van der Waals surface area (Å²) in [5.41, 5.74) is -0.280. The second kappa shape index (κ2) is 5.30. The Morgan fingerprint density at radius 3 is 2.16 bits per heavy atom. The van der Waals surface area contributed by atoms with Crippen molar-refractivity contribution in [2.45, 2.75) is 6.10 Å². The van der Waals surface area contributed by atoms with Crippen LogP contribution in [0, 0.1) is 23.3 Å². The number of aliphatic hydroxyl groups is 1. The molecule has 19 heavy (non-hydrogen) atoms. The molecule has 0 amide bonds. The van der Waals surface area contributed by atoms with Gasteiger partial charge in [-0.2, -0.15) is 0 Å². The topological polar surface area (TPSA) is 20.2 Å². The van der Waals surface area contributed by atoms with Gasteiger partial charge in [0.25, 0.3) is 0 Å². The lowest BCUT2D eigenvalue weighted by atomic mass is 10.0. The van der Waals surface area contributed by atoms with Crippen LogP contribution < -0.4 is 0 Å². The summed E-state index contributed by atoms with van der Waals surface area (Å²) in [6, 6.07) is 5.03. The van der Waals surface area contributed by atoms with Crippen molar-refractivity contribution in [3.63, 3.8) is 0 Å². The molecular weight excluding hydrogens is 328 g/mol. The van der Waals surface area contributed by atoms with E-state index in [9.17, 15) is 22.7 Å². The van der Waals surface area contributed by atoms with Crippen molar-refractivity contribution in [2.24, 2.45) is 0 Å². The van der Waals surface area contributed by atoms with Crippen LogP contribution in [-0.4, -0.2) is 5.11 Å². The predicted molar refractivity (Wildman–Crippen MR) is 64.5 cm³/mol. The Labute approximate surface area is 114 Å². The zero-order valence-electron chi connectivity index (χ0n) is 9.30. The first-order chi connectivity index (χ1) is 8.91. The highest BCUT2D eigenvalue weighted by molar-refractivity contribution is 9.10. The van der Waals surface area contributed by atoms with E-state index >= 15 is 0 Å². The number of benzene rings is 2. The highest BCUT2D eigenvalue weighted by Crippen LogP contribution is 2.31. The van der Waals surface area contributed by atoms with Crippen LogP contribution in [-0.2, 0) is 0 Å². The summed E-state index contributed by atoms with van der Waals surface area (Å²) < 4.78 is 52.6. The van der Waals surface area contributed by atoms with Gasteiger partial charge in [0.05, 0.1) is 0 Å². The van der Waals surface area contributed by atoms with E-state index in [0.29, 0.717) is 6.07 Å². The summed E-state index contributed by atoms with van der Waals surface area (Å²) in [4.78, 5) is 0. The highest BCUT2D eigenvalue weighted by Gasteiger charge is 2.22. The molecule has 0 heterocycles. The van der Waals surface area contributed by atoms with Crippen LogP contribution in [0.2, 0.25) is 0 Å². The lowest BCUT2D eigenvalue weighted by Crippen LogP contribution is -2.06. The molecule has 1 nitrogen and oxygen atoms in total. The Hall–Kier alpha value is -1.40. The second-order valence-electron chi connectivity index (χ2n) is 3.83. The number of aliphatic hydroxyl groups excluding tert-OH is 1. The second-order valence-corrected chi connectivity index (χ2v) is 4.69. The maximum Gasteiger partial charge on any atom is 0.194 e. The summed E-state index contributed by atoms with van der Waals surface area (Å²) in [6.07, 6.45) is -1.54. The fourth-order valence-electron chi connectivity index (χ4n) is 1.64. The van der Waals surface area contributed by atoms with E-state index in [1.165, 1.54) is 6.07 Å². The monoisotopic (exact) mass is 334 g/mol. The van der Waals surface area contributed by atoms with Gasteiger partial charge in [0.2, 0.25) is 0 Å². The summed E-state index contributed by atoms with van der Waals surface area (Å²) in [6.45, 7) is 0. The Morgan fingerprint density at radius 1 is 0.895 bits per heavy atom. The van der Waals surface area contributed by atoms with Crippen LogP contribution in [0.15, 0.2) is 34.8 Å². The van der Waals surface area contributed by atoms with Crippen LogP contribution in [0.4, 0.5) is 17.6 Å². The Kier molecular flexibility index (Phi) is 3.91. The molecular formula is C13H7BrF4O. The van der Waals surface area contributed by atoms with E-state index in [-0.39, 0.29) is 10.0 Å². The Bertz CT molecular complexity index is 630. The SMILES string of the molecule is OC(c1ccc(F)cc1Br)c1ccc(F)c(F)c1F. The average Bonchev–Trinajstić information content (AvgIpc) is 2.35. The van der Waals surface area contributed by atoms with Crippen LogP contribution in [0.1, 0.15) is 17.2 Å². The highest BCUT2D eigenvalue weighted by atomic mass is 79.9. The van der Waals surface area contributed by atoms with E-state index in [1.54, 1.807) is 0 Å². The summed E-state index contributed by atoms with van der Waals surface area (Å²) in [5, 5.41) is 9.98. The summed E-state index contributed by atoms with van der Waals surface area (Å²) in [5.74, 6) is -5.02. The molecule has 0 aromatic heterocycles. The van der Waals surface area contributed by atoms with Gasteiger partial charge in [-0.1, -0.05) is 28.1 Å². The molecule has 1 N–H and O–H groups in total. The van der Waals surface area contributed by atoms with Crippen LogP contribution >= 0.6 is 15.9 Å². The lowest BCUT2D eigenvalue weighted by Gasteiger charge is -2.14. The Balaban J connectivity index is 2.50. The lowest BCUT2D eigenvalue weighted by molar-refractivity contribution is 0.211. The third kappa shape index (κ3) is 2.64. The van der Waals surface area contributed by atoms with Crippen LogP contribution in [0.5, 0.6) is 0 Å². The molecule has 0 fully saturated rings. The van der Waals surface area contributed by atoms with Crippen molar-refractivity contribution in [3.8, 4) is 0 Å². The number of hydrogen-bond acceptors (Lipinski definition) is 1. The molecule has 0 aliphatic rings. The van der Waals surface area contributed by atoms with Crippen LogP contribution in [0.3, 0.4) is 0 Å². The maximum atomic E-state index is 13.5. The third-order valence-electron chi connectivity index (χ3n) is 2.62. The van der Waals surface area contributed by atoms with Crippen molar-refractivity contribution >= 4 is 15.9 Å². The van der Waals surface area contributed by atoms with Gasteiger partial charge < -0.3 is 5.11 Å². The number of hydrogen-bond donors (Lipinski definition) is 1. The molecule has 100 valence electrons. The van der Waals surface area contributed by atoms with E-state index in [0.717, 1.165) is 18.2 Å². The van der Waals surface area contributed by atoms with Crippen molar-refractivity contribution in [1.82, 2.24) is 0 Å². The molecule has 0 saturated carbocycles. The quantitative estimate of drug-likeness (QED) is 0.648. The Morgan fingerprint density at radius 2 is 1.53 bits per heavy atom. The van der Waals surface area contributed by atoms with Gasteiger partial charge in [0, 0.05) is 10.0 Å². The molecule has 1 unspecified atom stereocenters. The maximum absolute atomic E-state index is 13.5. The van der Waals surface area contributed by atoms with Gasteiger partial charge in [0.1, 0.15) is 11.9 Å². The molecule has 2 rings (SSSR count). The summed E-state index contributed by atoms with van der Waals surface area (Å²) in [7, 11) is 0. The fourth-order valence-corrected chi connectivity index (χ4v) is 2.21. The summed E-state index contributed by atoms with van der Waals surface area (Å²) >= 11 is 3.01. The van der Waals surface area contributed by atoms with E-state index in [2.05, 4.69) is 15.9 Å². The van der Waals surface area contributed by atoms with Gasteiger partial charge >= 0.3 is 0 Å². The molecule has 0 radical (unpaired) electrons. The smallest absolute Gasteiger partial charge is 0.194 e. The van der Waals surface area contributed by atoms with Gasteiger partial charge in [-0.3, -0.25) is 0 Å². The van der Waals surface area contributed by atoms with Crippen LogP contribution in [0.25, 0.3) is 0 Å². The van der Waals surface area contributed by atoms with Gasteiger partial charge in [-0.15, -0.1) is 0 Å². The first-order valence-corrected chi connectivity index (χ1v) is 5.97. The van der Waals surface area contributed by atoms with E-state index in [4.69, 9.17) is 0 Å². The molecule has 0 spiro atoms. The molecule has 0 aliphatic heterocycles. The zero-order valence-corrected chi connectivity index (χ0v) is 10.9. The van der Waals surface area contributed by atoms with Crippen molar-refractivity contribution in [2.75, 3.05) is 0 Å². The minimum Gasteiger partial charge on any atom is -0.384 e. The molecule has 0 saturated heterocycles. The first kappa shape index (κ1) is 14.0. The minimum atomic E-state index is -1.66. The number of halogens is 5. The molecule has 6 heteroatoms. The standard InChI is InChI=1S/C13H7BrF4O/c14-9-5-6(15)1-2-7(9)13(19)8-3-4-10(16)12(18)11(8)17/h1-5,13,19H. The average molecular weight is 335 g/mol. The molecule has 0 aliphatic carbocycles. The largest absolute Gasteiger partial charge is 0.384 e. The first-order valence-electron chi connectivity index (χ1n) is 5.18. The van der Waals surface area contributed by atoms with Gasteiger partial charge in [-0.25, -0.2) is 17.6 Å². The minimum absolute atomic E-state index is 0.145. The van der Waals surface area contributed by atoms with Crippen molar-refractivity contribution in [1.29, 1.82) is 0 Å². The number of rotatable bonds is 2. The van der Waals surface area contributed by atoms with E-state index < -0.39 is 34.9 Å². The van der Waals surface area contributed by atoms with Gasteiger partial charge in [-0.05, 0) is 23.8 Å². The third-order valence-corrected chi connectivity index (χ3v) is 3.30. The van der Waals surface area contributed by atoms with Crippen molar-refractivity contribution in [3.05, 3.63) is 69.2 Å².